The van der Waals surface area contributed by atoms with Crippen molar-refractivity contribution >= 4 is 21.6 Å². The van der Waals surface area contributed by atoms with Gasteiger partial charge in [-0.1, -0.05) is 47.5 Å². The van der Waals surface area contributed by atoms with Gasteiger partial charge >= 0.3 is 0 Å². The molecule has 1 unspecified atom stereocenters. The van der Waals surface area contributed by atoms with Crippen molar-refractivity contribution in [2.24, 2.45) is 0 Å². The molecule has 1 fully saturated rings. The van der Waals surface area contributed by atoms with Gasteiger partial charge in [-0.2, -0.15) is 0 Å². The first-order valence-corrected chi connectivity index (χ1v) is 7.89. The van der Waals surface area contributed by atoms with Crippen LogP contribution in [0, 0.1) is 0 Å². The standard InChI is InChI=1S/C15H22BrN/c1-2-7-14-9-5-6-11-17(14)15-10-4-3-8-13(15)12-16/h3-4,8,10,14H,2,5-7,9,11-12H2,1H3. The highest BCUT2D eigenvalue weighted by molar-refractivity contribution is 9.08. The van der Waals surface area contributed by atoms with Crippen LogP contribution in [0.5, 0.6) is 0 Å². The molecule has 1 aliphatic heterocycles. The topological polar surface area (TPSA) is 3.24 Å². The van der Waals surface area contributed by atoms with Crippen LogP contribution >= 0.6 is 15.9 Å². The number of piperidine rings is 1. The van der Waals surface area contributed by atoms with E-state index in [2.05, 4.69) is 52.0 Å². The second-order valence-electron chi connectivity index (χ2n) is 4.89. The monoisotopic (exact) mass is 295 g/mol. The Bertz CT molecular complexity index is 349. The van der Waals surface area contributed by atoms with Gasteiger partial charge in [0, 0.05) is 23.6 Å². The van der Waals surface area contributed by atoms with Crippen molar-refractivity contribution in [1.29, 1.82) is 0 Å². The molecule has 1 heterocycles. The van der Waals surface area contributed by atoms with Crippen molar-refractivity contribution < 1.29 is 0 Å². The smallest absolute Gasteiger partial charge is 0.0409 e. The molecule has 0 saturated carbocycles. The van der Waals surface area contributed by atoms with Gasteiger partial charge in [-0.25, -0.2) is 0 Å². The number of hydrogen-bond donors (Lipinski definition) is 0. The lowest BCUT2D eigenvalue weighted by Gasteiger charge is -2.38. The summed E-state index contributed by atoms with van der Waals surface area (Å²) in [6.07, 6.45) is 6.73. The zero-order valence-electron chi connectivity index (χ0n) is 10.7. The van der Waals surface area contributed by atoms with Crippen LogP contribution in [-0.2, 0) is 5.33 Å². The Morgan fingerprint density at radius 2 is 2.12 bits per heavy atom. The molecule has 2 rings (SSSR count). The molecule has 0 aromatic heterocycles. The molecule has 17 heavy (non-hydrogen) atoms. The fourth-order valence-corrected chi connectivity index (χ4v) is 3.33. The Balaban J connectivity index is 2.22. The lowest BCUT2D eigenvalue weighted by molar-refractivity contribution is 0.434. The molecule has 0 bridgehead atoms. The number of alkyl halides is 1. The summed E-state index contributed by atoms with van der Waals surface area (Å²) >= 11 is 3.61. The maximum absolute atomic E-state index is 3.61. The van der Waals surface area contributed by atoms with Crippen LogP contribution in [0.4, 0.5) is 5.69 Å². The van der Waals surface area contributed by atoms with Crippen molar-refractivity contribution in [2.75, 3.05) is 11.4 Å². The van der Waals surface area contributed by atoms with Gasteiger partial charge in [0.15, 0.2) is 0 Å². The molecule has 0 aliphatic carbocycles. The van der Waals surface area contributed by atoms with Gasteiger partial charge < -0.3 is 4.90 Å². The van der Waals surface area contributed by atoms with Crippen LogP contribution in [0.1, 0.15) is 44.6 Å². The van der Waals surface area contributed by atoms with E-state index in [1.807, 2.05) is 0 Å². The van der Waals surface area contributed by atoms with Crippen molar-refractivity contribution in [3.63, 3.8) is 0 Å². The van der Waals surface area contributed by atoms with Crippen molar-refractivity contribution in [3.05, 3.63) is 29.8 Å². The van der Waals surface area contributed by atoms with Crippen LogP contribution in [-0.4, -0.2) is 12.6 Å². The lowest BCUT2D eigenvalue weighted by Crippen LogP contribution is -2.39. The van der Waals surface area contributed by atoms with Gasteiger partial charge in [0.05, 0.1) is 0 Å². The summed E-state index contributed by atoms with van der Waals surface area (Å²) in [7, 11) is 0. The average Bonchev–Trinajstić information content (AvgIpc) is 2.40. The van der Waals surface area contributed by atoms with Crippen LogP contribution in [0.2, 0.25) is 0 Å². The zero-order valence-corrected chi connectivity index (χ0v) is 12.2. The highest BCUT2D eigenvalue weighted by Crippen LogP contribution is 2.30. The van der Waals surface area contributed by atoms with Crippen LogP contribution in [0.3, 0.4) is 0 Å². The lowest BCUT2D eigenvalue weighted by atomic mass is 9.96. The van der Waals surface area contributed by atoms with E-state index in [1.54, 1.807) is 0 Å². The molecule has 0 radical (unpaired) electrons. The Morgan fingerprint density at radius 3 is 2.88 bits per heavy atom. The predicted molar refractivity (Wildman–Crippen MR) is 79.0 cm³/mol. The molecule has 1 aromatic carbocycles. The highest BCUT2D eigenvalue weighted by atomic mass is 79.9. The number of benzene rings is 1. The third-order valence-electron chi connectivity index (χ3n) is 3.69. The van der Waals surface area contributed by atoms with E-state index in [9.17, 15) is 0 Å². The van der Waals surface area contributed by atoms with Crippen molar-refractivity contribution in [3.8, 4) is 0 Å². The van der Waals surface area contributed by atoms with Crippen molar-refractivity contribution in [2.45, 2.75) is 50.4 Å². The first-order valence-electron chi connectivity index (χ1n) is 6.77. The molecule has 1 aromatic rings. The summed E-state index contributed by atoms with van der Waals surface area (Å²) in [5.41, 5.74) is 2.87. The Morgan fingerprint density at radius 1 is 1.29 bits per heavy atom. The molecule has 94 valence electrons. The summed E-state index contributed by atoms with van der Waals surface area (Å²) < 4.78 is 0. The summed E-state index contributed by atoms with van der Waals surface area (Å²) in [6, 6.07) is 9.58. The quantitative estimate of drug-likeness (QED) is 0.725. The Kier molecular flexibility index (Phi) is 4.90. The van der Waals surface area contributed by atoms with Crippen LogP contribution < -0.4 is 4.90 Å². The highest BCUT2D eigenvalue weighted by Gasteiger charge is 2.23. The maximum Gasteiger partial charge on any atom is 0.0409 e. The zero-order chi connectivity index (χ0) is 12.1. The Labute approximate surface area is 113 Å². The molecule has 0 N–H and O–H groups in total. The summed E-state index contributed by atoms with van der Waals surface area (Å²) in [5.74, 6) is 0. The number of halogens is 1. The minimum Gasteiger partial charge on any atom is -0.368 e. The molecular formula is C15H22BrN. The number of nitrogens with zero attached hydrogens (tertiary/aromatic N) is 1. The second-order valence-corrected chi connectivity index (χ2v) is 5.45. The number of anilines is 1. The van der Waals surface area contributed by atoms with E-state index in [-0.39, 0.29) is 0 Å². The Hall–Kier alpha value is -0.500. The molecule has 1 atom stereocenters. The molecule has 0 amide bonds. The molecule has 1 nitrogen and oxygen atoms in total. The van der Waals surface area contributed by atoms with Gasteiger partial charge in [-0.05, 0) is 37.3 Å². The third-order valence-corrected chi connectivity index (χ3v) is 4.30. The molecule has 1 saturated heterocycles. The van der Waals surface area contributed by atoms with Crippen LogP contribution in [0.25, 0.3) is 0 Å². The van der Waals surface area contributed by atoms with E-state index in [0.717, 1.165) is 11.4 Å². The van der Waals surface area contributed by atoms with E-state index < -0.39 is 0 Å². The molecule has 0 spiro atoms. The number of rotatable bonds is 4. The minimum atomic E-state index is 0.758. The largest absolute Gasteiger partial charge is 0.368 e. The predicted octanol–water partition coefficient (Wildman–Crippen LogP) is 4.74. The maximum atomic E-state index is 3.61. The van der Waals surface area contributed by atoms with Crippen molar-refractivity contribution in [1.82, 2.24) is 0 Å². The van der Waals surface area contributed by atoms with Gasteiger partial charge in [-0.3, -0.25) is 0 Å². The summed E-state index contributed by atoms with van der Waals surface area (Å²) in [6.45, 7) is 3.53. The molecule has 2 heteroatoms. The first-order chi connectivity index (χ1) is 8.36. The number of hydrogen-bond acceptors (Lipinski definition) is 1. The summed E-state index contributed by atoms with van der Waals surface area (Å²) in [5, 5.41) is 0.957. The summed E-state index contributed by atoms with van der Waals surface area (Å²) in [4.78, 5) is 2.64. The normalized spacial score (nSPS) is 20.6. The molecule has 1 aliphatic rings. The van der Waals surface area contributed by atoms with Gasteiger partial charge in [-0.15, -0.1) is 0 Å². The fraction of sp³-hybridized carbons (Fsp3) is 0.600. The average molecular weight is 296 g/mol. The van der Waals surface area contributed by atoms with E-state index in [1.165, 1.54) is 49.9 Å². The SMILES string of the molecule is CCCC1CCCCN1c1ccccc1CBr. The molecular weight excluding hydrogens is 274 g/mol. The van der Waals surface area contributed by atoms with E-state index in [4.69, 9.17) is 0 Å². The second kappa shape index (κ2) is 6.44. The van der Waals surface area contributed by atoms with E-state index >= 15 is 0 Å². The van der Waals surface area contributed by atoms with Gasteiger partial charge in [0.1, 0.15) is 0 Å². The van der Waals surface area contributed by atoms with E-state index in [0.29, 0.717) is 0 Å². The fourth-order valence-electron chi connectivity index (χ4n) is 2.86. The third kappa shape index (κ3) is 3.04. The van der Waals surface area contributed by atoms with Gasteiger partial charge in [0.2, 0.25) is 0 Å². The van der Waals surface area contributed by atoms with Gasteiger partial charge in [0.25, 0.3) is 0 Å². The minimum absolute atomic E-state index is 0.758. The first kappa shape index (κ1) is 12.9. The number of para-hydroxylation sites is 1. The van der Waals surface area contributed by atoms with Crippen LogP contribution in [0.15, 0.2) is 24.3 Å².